The van der Waals surface area contributed by atoms with Crippen molar-refractivity contribution in [2.24, 2.45) is 11.8 Å². The van der Waals surface area contributed by atoms with E-state index in [9.17, 15) is 9.90 Å². The third-order valence-electron chi connectivity index (χ3n) is 7.43. The van der Waals surface area contributed by atoms with Gasteiger partial charge in [0.05, 0.1) is 0 Å². The highest BCUT2D eigenvalue weighted by molar-refractivity contribution is 5.89. The first-order valence-electron chi connectivity index (χ1n) is 9.47. The van der Waals surface area contributed by atoms with Crippen molar-refractivity contribution in [1.29, 1.82) is 0 Å². The molecule has 3 aliphatic carbocycles. The molecule has 5 aliphatic rings. The number of nitrogens with zero attached hydrogens (tertiary/aromatic N) is 1. The lowest BCUT2D eigenvalue weighted by Gasteiger charge is -2.57. The molecular weight excluding hydrogens is 302 g/mol. The highest BCUT2D eigenvalue weighted by atomic mass is 16.5. The molecule has 4 atom stereocenters. The predicted octanol–water partition coefficient (Wildman–Crippen LogP) is 2.41. The zero-order valence-corrected chi connectivity index (χ0v) is 13.8. The molecule has 1 N–H and O–H groups in total. The van der Waals surface area contributed by atoms with Crippen LogP contribution in [0.2, 0.25) is 0 Å². The van der Waals surface area contributed by atoms with Gasteiger partial charge in [-0.15, -0.1) is 0 Å². The Morgan fingerprint density at radius 3 is 3.00 bits per heavy atom. The molecule has 2 aliphatic heterocycles. The number of likely N-dealkylation sites (tertiary alicyclic amines) is 1. The molecule has 6 rings (SSSR count). The van der Waals surface area contributed by atoms with Crippen molar-refractivity contribution in [3.8, 4) is 11.5 Å². The van der Waals surface area contributed by atoms with Gasteiger partial charge < -0.3 is 9.84 Å². The molecule has 0 amide bonds. The second-order valence-electron chi connectivity index (χ2n) is 8.55. The van der Waals surface area contributed by atoms with Gasteiger partial charge in [0.1, 0.15) is 11.5 Å². The predicted molar refractivity (Wildman–Crippen MR) is 88.3 cm³/mol. The van der Waals surface area contributed by atoms with E-state index in [1.54, 1.807) is 6.07 Å². The number of hydrogen-bond donors (Lipinski definition) is 1. The smallest absolute Gasteiger partial charge is 0.174 e. The Morgan fingerprint density at radius 2 is 2.17 bits per heavy atom. The fraction of sp³-hybridized carbons (Fsp3) is 0.650. The number of carbonyl (C=O) groups is 1. The highest BCUT2D eigenvalue weighted by Crippen LogP contribution is 2.62. The van der Waals surface area contributed by atoms with Crippen molar-refractivity contribution < 1.29 is 14.6 Å². The third-order valence-corrected chi connectivity index (χ3v) is 7.43. The molecule has 1 aromatic carbocycles. The lowest BCUT2D eigenvalue weighted by atomic mass is 9.51. The molecule has 2 heterocycles. The van der Waals surface area contributed by atoms with Gasteiger partial charge in [0.15, 0.2) is 11.9 Å². The summed E-state index contributed by atoms with van der Waals surface area (Å²) in [7, 11) is 0. The first-order chi connectivity index (χ1) is 11.7. The number of Topliss-reactive ketones (excluding diaryl/α,β-unsaturated/α-hetero) is 1. The topological polar surface area (TPSA) is 49.8 Å². The molecule has 4 heteroatoms. The summed E-state index contributed by atoms with van der Waals surface area (Å²) in [6.07, 6.45) is 5.99. The quantitative estimate of drug-likeness (QED) is 0.907. The van der Waals surface area contributed by atoms with Crippen LogP contribution in [0.15, 0.2) is 12.1 Å². The van der Waals surface area contributed by atoms with Crippen molar-refractivity contribution in [1.82, 2.24) is 4.90 Å². The van der Waals surface area contributed by atoms with Gasteiger partial charge in [-0.05, 0) is 62.6 Å². The van der Waals surface area contributed by atoms with Gasteiger partial charge in [-0.3, -0.25) is 9.69 Å². The second-order valence-corrected chi connectivity index (χ2v) is 8.55. The number of rotatable bonds is 2. The molecule has 0 aromatic heterocycles. The summed E-state index contributed by atoms with van der Waals surface area (Å²) in [5, 5.41) is 10.5. The standard InChI is InChI=1S/C20H23NO3/c22-15-5-6-17-18-12(15)9-14-13-3-4-16(23)19(24-17)20(13,18)7-8-21(14)10-11-1-2-11/h5-6,11,13-14,19,22H,1-4,7-10H2/t13-,14+,19-,20-/m0/s1. The molecule has 4 nitrogen and oxygen atoms in total. The number of phenolic OH excluding ortho intramolecular Hbond substituents is 1. The van der Waals surface area contributed by atoms with Crippen LogP contribution in [-0.2, 0) is 16.6 Å². The summed E-state index contributed by atoms with van der Waals surface area (Å²) in [4.78, 5) is 15.3. The number of piperidine rings is 1. The van der Waals surface area contributed by atoms with E-state index in [4.69, 9.17) is 4.74 Å². The van der Waals surface area contributed by atoms with E-state index in [0.29, 0.717) is 24.1 Å². The van der Waals surface area contributed by atoms with Crippen LogP contribution in [0.3, 0.4) is 0 Å². The van der Waals surface area contributed by atoms with E-state index in [2.05, 4.69) is 4.90 Å². The molecule has 1 aromatic rings. The second kappa shape index (κ2) is 4.34. The fourth-order valence-corrected chi connectivity index (χ4v) is 6.28. The average molecular weight is 325 g/mol. The van der Waals surface area contributed by atoms with Gasteiger partial charge in [0, 0.05) is 35.5 Å². The largest absolute Gasteiger partial charge is 0.508 e. The maximum Gasteiger partial charge on any atom is 0.174 e. The maximum absolute atomic E-state index is 12.7. The summed E-state index contributed by atoms with van der Waals surface area (Å²) in [5.74, 6) is 2.91. The Labute approximate surface area is 141 Å². The van der Waals surface area contributed by atoms with Gasteiger partial charge >= 0.3 is 0 Å². The minimum absolute atomic E-state index is 0.165. The molecule has 0 unspecified atom stereocenters. The van der Waals surface area contributed by atoms with Crippen molar-refractivity contribution in [3.05, 3.63) is 23.3 Å². The van der Waals surface area contributed by atoms with Crippen LogP contribution in [0.1, 0.15) is 43.2 Å². The molecular formula is C20H23NO3. The van der Waals surface area contributed by atoms with Crippen LogP contribution in [0.25, 0.3) is 0 Å². The normalized spacial score (nSPS) is 39.5. The summed E-state index contributed by atoms with van der Waals surface area (Å²) < 4.78 is 6.20. The van der Waals surface area contributed by atoms with Crippen molar-refractivity contribution in [2.75, 3.05) is 13.1 Å². The van der Waals surface area contributed by atoms with E-state index in [-0.39, 0.29) is 17.3 Å². The summed E-state index contributed by atoms with van der Waals surface area (Å²) >= 11 is 0. The van der Waals surface area contributed by atoms with Crippen molar-refractivity contribution in [3.63, 3.8) is 0 Å². The Hall–Kier alpha value is -1.55. The molecule has 1 spiro atoms. The molecule has 126 valence electrons. The Bertz CT molecular complexity index is 755. The molecule has 2 bridgehead atoms. The monoisotopic (exact) mass is 325 g/mol. The minimum atomic E-state index is -0.308. The minimum Gasteiger partial charge on any atom is -0.508 e. The number of ether oxygens (including phenoxy) is 1. The summed E-state index contributed by atoms with van der Waals surface area (Å²) in [5.41, 5.74) is 2.08. The summed E-state index contributed by atoms with van der Waals surface area (Å²) in [6, 6.07) is 4.10. The van der Waals surface area contributed by atoms with Gasteiger partial charge in [0.2, 0.25) is 0 Å². The number of aromatic hydroxyl groups is 1. The van der Waals surface area contributed by atoms with Gasteiger partial charge in [-0.1, -0.05) is 0 Å². The van der Waals surface area contributed by atoms with Crippen LogP contribution in [-0.4, -0.2) is 41.0 Å². The number of hydrogen-bond acceptors (Lipinski definition) is 4. The fourth-order valence-electron chi connectivity index (χ4n) is 6.28. The summed E-state index contributed by atoms with van der Waals surface area (Å²) in [6.45, 7) is 2.27. The van der Waals surface area contributed by atoms with E-state index in [1.807, 2.05) is 6.07 Å². The number of ketones is 1. The maximum atomic E-state index is 12.7. The van der Waals surface area contributed by atoms with Crippen LogP contribution >= 0.6 is 0 Å². The zero-order valence-electron chi connectivity index (χ0n) is 13.8. The lowest BCUT2D eigenvalue weighted by Crippen LogP contribution is -2.66. The molecule has 24 heavy (non-hydrogen) atoms. The third kappa shape index (κ3) is 1.52. The van der Waals surface area contributed by atoms with E-state index in [1.165, 1.54) is 24.9 Å². The molecule has 2 saturated carbocycles. The Balaban J connectivity index is 1.54. The van der Waals surface area contributed by atoms with Crippen molar-refractivity contribution >= 4 is 5.78 Å². The van der Waals surface area contributed by atoms with Crippen LogP contribution in [0, 0.1) is 11.8 Å². The van der Waals surface area contributed by atoms with Gasteiger partial charge in [-0.25, -0.2) is 0 Å². The van der Waals surface area contributed by atoms with Crippen molar-refractivity contribution in [2.45, 2.75) is 56.1 Å². The molecule has 1 saturated heterocycles. The molecule has 3 fully saturated rings. The average Bonchev–Trinajstić information content (AvgIpc) is 3.32. The van der Waals surface area contributed by atoms with E-state index >= 15 is 0 Å². The van der Waals surface area contributed by atoms with Gasteiger partial charge in [0.25, 0.3) is 0 Å². The Morgan fingerprint density at radius 1 is 1.29 bits per heavy atom. The highest BCUT2D eigenvalue weighted by Gasteiger charge is 2.65. The van der Waals surface area contributed by atoms with E-state index < -0.39 is 0 Å². The molecule has 0 radical (unpaired) electrons. The van der Waals surface area contributed by atoms with Crippen LogP contribution < -0.4 is 4.74 Å². The first kappa shape index (κ1) is 13.7. The lowest BCUT2D eigenvalue weighted by molar-refractivity contribution is -0.138. The van der Waals surface area contributed by atoms with E-state index in [0.717, 1.165) is 43.0 Å². The Kier molecular flexibility index (Phi) is 2.48. The van der Waals surface area contributed by atoms with Gasteiger partial charge in [-0.2, -0.15) is 0 Å². The number of phenols is 1. The first-order valence-corrected chi connectivity index (χ1v) is 9.47. The zero-order chi connectivity index (χ0) is 16.1. The number of benzene rings is 1. The number of carbonyl (C=O) groups excluding carboxylic acids is 1. The SMILES string of the molecule is O=C1CC[C@H]2[C@H]3Cc4c(O)ccc5c4[C@@]2(CCN3CC2CC2)[C@H]1O5. The van der Waals surface area contributed by atoms with Crippen LogP contribution in [0.5, 0.6) is 11.5 Å². The van der Waals surface area contributed by atoms with Crippen LogP contribution in [0.4, 0.5) is 0 Å².